The van der Waals surface area contributed by atoms with Crippen LogP contribution in [0.25, 0.3) is 16.9 Å². The van der Waals surface area contributed by atoms with Crippen LogP contribution in [0.5, 0.6) is 5.75 Å². The largest absolute Gasteiger partial charge is 0.508 e. The Bertz CT molecular complexity index is 1400. The van der Waals surface area contributed by atoms with Crippen LogP contribution in [0.2, 0.25) is 15.1 Å². The summed E-state index contributed by atoms with van der Waals surface area (Å²) in [5.41, 5.74) is 2.32. The predicted octanol–water partition coefficient (Wildman–Crippen LogP) is 5.76. The van der Waals surface area contributed by atoms with Crippen molar-refractivity contribution < 1.29 is 19.8 Å². The molecule has 178 valence electrons. The molecule has 0 aliphatic carbocycles. The van der Waals surface area contributed by atoms with E-state index in [0.29, 0.717) is 27.0 Å². The number of nitrogens with one attached hydrogen (secondary N) is 1. The van der Waals surface area contributed by atoms with E-state index in [1.165, 1.54) is 22.9 Å². The fourth-order valence-corrected chi connectivity index (χ4v) is 4.18. The number of phenolic OH excluding ortho intramolecular Hbond substituents is 1. The van der Waals surface area contributed by atoms with Gasteiger partial charge in [-0.15, -0.1) is 0 Å². The number of amides is 1. The number of phenols is 1. The average molecular weight is 531 g/mol. The number of carboxylic acids is 1. The van der Waals surface area contributed by atoms with Crippen molar-refractivity contribution in [2.45, 2.75) is 13.0 Å². The van der Waals surface area contributed by atoms with Gasteiger partial charge in [-0.3, -0.25) is 9.59 Å². The number of carboxylic acid groups (broad SMARTS) is 1. The number of hydrogen-bond donors (Lipinski definition) is 3. The van der Waals surface area contributed by atoms with Crippen LogP contribution >= 0.6 is 34.8 Å². The van der Waals surface area contributed by atoms with Gasteiger partial charge in [0.05, 0.1) is 22.8 Å². The van der Waals surface area contributed by atoms with Crippen molar-refractivity contribution in [3.05, 3.63) is 98.6 Å². The predicted molar refractivity (Wildman–Crippen MR) is 135 cm³/mol. The lowest BCUT2D eigenvalue weighted by Gasteiger charge is -2.11. The first-order chi connectivity index (χ1) is 16.7. The molecule has 0 saturated heterocycles. The zero-order valence-electron chi connectivity index (χ0n) is 18.0. The highest BCUT2D eigenvalue weighted by Crippen LogP contribution is 2.34. The van der Waals surface area contributed by atoms with E-state index in [1.807, 2.05) is 0 Å². The van der Waals surface area contributed by atoms with E-state index >= 15 is 0 Å². The summed E-state index contributed by atoms with van der Waals surface area (Å²) in [4.78, 5) is 25.0. The van der Waals surface area contributed by atoms with Gasteiger partial charge in [-0.1, -0.05) is 59.1 Å². The lowest BCUT2D eigenvalue weighted by Crippen LogP contribution is -2.25. The van der Waals surface area contributed by atoms with Crippen molar-refractivity contribution in [3.8, 4) is 22.7 Å². The average Bonchev–Trinajstić information content (AvgIpc) is 3.17. The topological polar surface area (TPSA) is 104 Å². The van der Waals surface area contributed by atoms with Crippen molar-refractivity contribution in [3.63, 3.8) is 0 Å². The molecule has 0 bridgehead atoms. The first-order valence-corrected chi connectivity index (χ1v) is 11.5. The van der Waals surface area contributed by atoms with Crippen LogP contribution in [-0.4, -0.2) is 31.9 Å². The van der Waals surface area contributed by atoms with Crippen LogP contribution in [0, 0.1) is 0 Å². The Morgan fingerprint density at radius 3 is 2.20 bits per heavy atom. The van der Waals surface area contributed by atoms with Gasteiger partial charge in [-0.2, -0.15) is 5.10 Å². The molecule has 0 fully saturated rings. The summed E-state index contributed by atoms with van der Waals surface area (Å²) in [5, 5.41) is 27.5. The van der Waals surface area contributed by atoms with Crippen LogP contribution in [-0.2, 0) is 17.8 Å². The molecule has 1 aromatic heterocycles. The van der Waals surface area contributed by atoms with Crippen LogP contribution in [0.1, 0.15) is 21.6 Å². The molecule has 1 heterocycles. The van der Waals surface area contributed by atoms with Gasteiger partial charge in [0.2, 0.25) is 0 Å². The summed E-state index contributed by atoms with van der Waals surface area (Å²) in [6, 6.07) is 17.9. The van der Waals surface area contributed by atoms with Crippen molar-refractivity contribution >= 4 is 46.7 Å². The molecule has 1 amide bonds. The number of aromatic nitrogens is 2. The monoisotopic (exact) mass is 529 g/mol. The Labute approximate surface area is 215 Å². The molecule has 0 unspecified atom stereocenters. The highest BCUT2D eigenvalue weighted by molar-refractivity contribution is 6.35. The second-order valence-corrected chi connectivity index (χ2v) is 8.89. The molecular formula is C25H18Cl3N3O4. The van der Waals surface area contributed by atoms with E-state index in [1.54, 1.807) is 48.5 Å². The molecule has 3 N–H and O–H groups in total. The minimum absolute atomic E-state index is 0.0536. The minimum Gasteiger partial charge on any atom is -0.508 e. The molecule has 0 atom stereocenters. The third kappa shape index (κ3) is 5.59. The number of rotatable bonds is 7. The van der Waals surface area contributed by atoms with Gasteiger partial charge >= 0.3 is 5.97 Å². The van der Waals surface area contributed by atoms with Gasteiger partial charge < -0.3 is 15.5 Å². The Kier molecular flexibility index (Phi) is 7.31. The van der Waals surface area contributed by atoms with E-state index < -0.39 is 18.3 Å². The lowest BCUT2D eigenvalue weighted by atomic mass is 10.0. The van der Waals surface area contributed by atoms with Gasteiger partial charge in [0, 0.05) is 27.7 Å². The Morgan fingerprint density at radius 1 is 0.914 bits per heavy atom. The van der Waals surface area contributed by atoms with Crippen molar-refractivity contribution in [2.24, 2.45) is 0 Å². The summed E-state index contributed by atoms with van der Waals surface area (Å²) in [7, 11) is 0. The minimum atomic E-state index is -1.13. The van der Waals surface area contributed by atoms with E-state index in [0.717, 1.165) is 5.56 Å². The van der Waals surface area contributed by atoms with E-state index in [-0.39, 0.29) is 28.6 Å². The Morgan fingerprint density at radius 2 is 1.57 bits per heavy atom. The number of aromatic hydroxyl groups is 1. The molecule has 0 aliphatic heterocycles. The zero-order valence-corrected chi connectivity index (χ0v) is 20.3. The van der Waals surface area contributed by atoms with E-state index in [9.17, 15) is 19.8 Å². The molecule has 0 saturated carbocycles. The number of aliphatic carboxylic acids is 1. The van der Waals surface area contributed by atoms with Gasteiger partial charge in [0.15, 0.2) is 5.69 Å². The van der Waals surface area contributed by atoms with Crippen molar-refractivity contribution in [1.29, 1.82) is 0 Å². The smallest absolute Gasteiger partial charge is 0.307 e. The summed E-state index contributed by atoms with van der Waals surface area (Å²) < 4.78 is 1.44. The van der Waals surface area contributed by atoms with Crippen LogP contribution in [0.3, 0.4) is 0 Å². The summed E-state index contributed by atoms with van der Waals surface area (Å²) in [6.45, 7) is 0.149. The highest BCUT2D eigenvalue weighted by Gasteiger charge is 2.27. The normalized spacial score (nSPS) is 10.8. The first kappa shape index (κ1) is 24.6. The molecule has 10 heteroatoms. The van der Waals surface area contributed by atoms with Crippen LogP contribution < -0.4 is 5.32 Å². The summed E-state index contributed by atoms with van der Waals surface area (Å²) in [5.74, 6) is -1.59. The molecule has 35 heavy (non-hydrogen) atoms. The van der Waals surface area contributed by atoms with Gasteiger partial charge in [-0.25, -0.2) is 4.68 Å². The highest BCUT2D eigenvalue weighted by atomic mass is 35.5. The van der Waals surface area contributed by atoms with Crippen LogP contribution in [0.15, 0.2) is 66.7 Å². The number of nitrogens with zero attached hydrogens (tertiary/aromatic N) is 2. The molecule has 0 spiro atoms. The molecule has 7 nitrogen and oxygen atoms in total. The van der Waals surface area contributed by atoms with Crippen LogP contribution in [0.4, 0.5) is 0 Å². The van der Waals surface area contributed by atoms with E-state index in [4.69, 9.17) is 34.8 Å². The second kappa shape index (κ2) is 10.4. The maximum Gasteiger partial charge on any atom is 0.307 e. The number of carbonyl (C=O) groups excluding carboxylic acids is 1. The van der Waals surface area contributed by atoms with Gasteiger partial charge in [0.1, 0.15) is 5.75 Å². The molecule has 0 aliphatic rings. The third-order valence-corrected chi connectivity index (χ3v) is 5.96. The molecule has 4 rings (SSSR count). The molecule has 4 aromatic rings. The Balaban J connectivity index is 1.85. The maximum atomic E-state index is 13.2. The van der Waals surface area contributed by atoms with Crippen molar-refractivity contribution in [1.82, 2.24) is 15.1 Å². The lowest BCUT2D eigenvalue weighted by molar-refractivity contribution is -0.136. The standard InChI is InChI=1S/C25H18Cl3N3O4/c26-16-5-3-15(4-6-16)24-19(12-22(33)34)23(25(35)29-13-14-1-8-18(32)9-2-14)30-31(24)21-10-7-17(27)11-20(21)28/h1-11,32H,12-13H2,(H,29,35)(H,33,34). The zero-order chi connectivity index (χ0) is 25.1. The van der Waals surface area contributed by atoms with Gasteiger partial charge in [0.25, 0.3) is 5.91 Å². The number of carbonyl (C=O) groups is 2. The molecular weight excluding hydrogens is 513 g/mol. The first-order valence-electron chi connectivity index (χ1n) is 10.3. The number of halogens is 3. The maximum absolute atomic E-state index is 13.2. The van der Waals surface area contributed by atoms with E-state index in [2.05, 4.69) is 10.4 Å². The SMILES string of the molecule is O=C(O)Cc1c(C(=O)NCc2ccc(O)cc2)nn(-c2ccc(Cl)cc2Cl)c1-c1ccc(Cl)cc1. The second-order valence-electron chi connectivity index (χ2n) is 7.61. The summed E-state index contributed by atoms with van der Waals surface area (Å²) >= 11 is 18.6. The fraction of sp³-hybridized carbons (Fsp3) is 0.0800. The molecule has 3 aromatic carbocycles. The number of hydrogen-bond acceptors (Lipinski definition) is 4. The molecule has 0 radical (unpaired) electrons. The third-order valence-electron chi connectivity index (χ3n) is 5.17. The number of benzene rings is 3. The fourth-order valence-electron chi connectivity index (χ4n) is 3.56. The van der Waals surface area contributed by atoms with Crippen molar-refractivity contribution in [2.75, 3.05) is 0 Å². The summed E-state index contributed by atoms with van der Waals surface area (Å²) in [6.07, 6.45) is -0.453. The quantitative estimate of drug-likeness (QED) is 0.282. The Hall–Kier alpha value is -3.52. The van der Waals surface area contributed by atoms with Gasteiger partial charge in [-0.05, 0) is 48.0 Å².